The fourth-order valence-electron chi connectivity index (χ4n) is 2.54. The van der Waals surface area contributed by atoms with Crippen LogP contribution < -0.4 is 4.74 Å². The van der Waals surface area contributed by atoms with Crippen LogP contribution in [0, 0.1) is 16.0 Å². The monoisotopic (exact) mass is 322 g/mol. The summed E-state index contributed by atoms with van der Waals surface area (Å²) in [6.45, 7) is 2.27. The molecule has 0 aliphatic carbocycles. The number of likely N-dealkylation sites (tertiary alicyclic amines) is 1. The zero-order valence-electron chi connectivity index (χ0n) is 12.7. The second kappa shape index (κ2) is 7.08. The van der Waals surface area contributed by atoms with Crippen LogP contribution in [0.1, 0.15) is 19.8 Å². The largest absolute Gasteiger partial charge is 0.481 e. The van der Waals surface area contributed by atoms with E-state index in [1.165, 1.54) is 29.2 Å². The van der Waals surface area contributed by atoms with Crippen LogP contribution in [0.15, 0.2) is 24.3 Å². The van der Waals surface area contributed by atoms with E-state index >= 15 is 0 Å². The third-order valence-electron chi connectivity index (χ3n) is 3.79. The standard InChI is InChI=1S/C15H18N2O6/c1-10(23-13-6-4-12(5-7-13)17(21)22)14(18)16-8-2-3-11(9-16)15(19)20/h4-7,10-11H,2-3,8-9H2,1H3,(H,19,20). The lowest BCUT2D eigenvalue weighted by Crippen LogP contribution is -2.47. The number of rotatable bonds is 5. The molecule has 2 atom stereocenters. The number of amides is 1. The second-order valence-electron chi connectivity index (χ2n) is 5.47. The number of piperidine rings is 1. The first-order valence-corrected chi connectivity index (χ1v) is 7.31. The SMILES string of the molecule is CC(Oc1ccc([N+](=O)[O-])cc1)C(=O)N1CCCC(C(=O)O)C1. The molecule has 1 N–H and O–H groups in total. The molecule has 2 unspecified atom stereocenters. The van der Waals surface area contributed by atoms with E-state index in [9.17, 15) is 19.7 Å². The molecule has 1 aromatic carbocycles. The van der Waals surface area contributed by atoms with Gasteiger partial charge in [0.1, 0.15) is 5.75 Å². The summed E-state index contributed by atoms with van der Waals surface area (Å²) in [6, 6.07) is 5.46. The number of nitrogens with zero attached hydrogens (tertiary/aromatic N) is 2. The second-order valence-corrected chi connectivity index (χ2v) is 5.47. The predicted octanol–water partition coefficient (Wildman–Crippen LogP) is 1.69. The molecule has 23 heavy (non-hydrogen) atoms. The molecule has 0 bridgehead atoms. The number of carboxylic acid groups (broad SMARTS) is 1. The maximum absolute atomic E-state index is 12.3. The van der Waals surface area contributed by atoms with Crippen molar-refractivity contribution in [2.75, 3.05) is 13.1 Å². The molecule has 1 aliphatic rings. The number of carbonyl (C=O) groups is 2. The van der Waals surface area contributed by atoms with Crippen molar-refractivity contribution in [2.45, 2.75) is 25.9 Å². The Morgan fingerprint density at radius 2 is 2.04 bits per heavy atom. The van der Waals surface area contributed by atoms with E-state index in [1.807, 2.05) is 0 Å². The molecule has 1 aliphatic heterocycles. The summed E-state index contributed by atoms with van der Waals surface area (Å²) in [5.41, 5.74) is -0.0586. The molecule has 0 saturated carbocycles. The smallest absolute Gasteiger partial charge is 0.308 e. The van der Waals surface area contributed by atoms with Gasteiger partial charge in [-0.1, -0.05) is 0 Å². The molecular formula is C15H18N2O6. The molecule has 8 heteroatoms. The Hall–Kier alpha value is -2.64. The van der Waals surface area contributed by atoms with Crippen molar-refractivity contribution in [3.63, 3.8) is 0 Å². The Kier molecular flexibility index (Phi) is 5.15. The number of hydrogen-bond donors (Lipinski definition) is 1. The van der Waals surface area contributed by atoms with Crippen molar-refractivity contribution in [2.24, 2.45) is 5.92 Å². The van der Waals surface area contributed by atoms with E-state index in [4.69, 9.17) is 9.84 Å². The van der Waals surface area contributed by atoms with Crippen molar-refractivity contribution in [1.29, 1.82) is 0 Å². The lowest BCUT2D eigenvalue weighted by Gasteiger charge is -2.32. The van der Waals surface area contributed by atoms with Gasteiger partial charge >= 0.3 is 5.97 Å². The zero-order chi connectivity index (χ0) is 17.0. The highest BCUT2D eigenvalue weighted by molar-refractivity contribution is 5.82. The summed E-state index contributed by atoms with van der Waals surface area (Å²) >= 11 is 0. The normalized spacial score (nSPS) is 19.0. The number of ether oxygens (including phenoxy) is 1. The van der Waals surface area contributed by atoms with Crippen LogP contribution in [0.25, 0.3) is 0 Å². The van der Waals surface area contributed by atoms with Gasteiger partial charge in [-0.25, -0.2) is 0 Å². The van der Waals surface area contributed by atoms with Crippen LogP contribution in [0.4, 0.5) is 5.69 Å². The maximum atomic E-state index is 12.3. The van der Waals surface area contributed by atoms with Crippen LogP contribution in [0.3, 0.4) is 0 Å². The van der Waals surface area contributed by atoms with Crippen molar-refractivity contribution >= 4 is 17.6 Å². The van der Waals surface area contributed by atoms with Gasteiger partial charge in [-0.3, -0.25) is 19.7 Å². The number of carbonyl (C=O) groups excluding carboxylic acids is 1. The van der Waals surface area contributed by atoms with Crippen molar-refractivity contribution < 1.29 is 24.4 Å². The molecule has 1 aromatic rings. The number of nitro benzene ring substituents is 1. The van der Waals surface area contributed by atoms with Crippen LogP contribution in [0.5, 0.6) is 5.75 Å². The molecule has 1 fully saturated rings. The summed E-state index contributed by atoms with van der Waals surface area (Å²) in [7, 11) is 0. The molecule has 0 radical (unpaired) electrons. The van der Waals surface area contributed by atoms with E-state index in [2.05, 4.69) is 0 Å². The highest BCUT2D eigenvalue weighted by Crippen LogP contribution is 2.21. The van der Waals surface area contributed by atoms with Crippen molar-refractivity contribution in [1.82, 2.24) is 4.90 Å². The average Bonchev–Trinajstić information content (AvgIpc) is 2.54. The Bertz CT molecular complexity index is 600. The number of hydrogen-bond acceptors (Lipinski definition) is 5. The molecule has 0 spiro atoms. The van der Waals surface area contributed by atoms with Gasteiger partial charge < -0.3 is 14.7 Å². The number of nitro groups is 1. The van der Waals surface area contributed by atoms with Gasteiger partial charge in [0.25, 0.3) is 11.6 Å². The quantitative estimate of drug-likeness (QED) is 0.652. The number of non-ortho nitro benzene ring substituents is 1. The zero-order valence-corrected chi connectivity index (χ0v) is 12.7. The first kappa shape index (κ1) is 16.7. The van der Waals surface area contributed by atoms with E-state index in [0.29, 0.717) is 25.1 Å². The predicted molar refractivity (Wildman–Crippen MR) is 80.1 cm³/mol. The summed E-state index contributed by atoms with van der Waals surface area (Å²) < 4.78 is 5.50. The first-order chi connectivity index (χ1) is 10.9. The fraction of sp³-hybridized carbons (Fsp3) is 0.467. The minimum absolute atomic E-state index is 0.0586. The van der Waals surface area contributed by atoms with Crippen LogP contribution in [0.2, 0.25) is 0 Å². The van der Waals surface area contributed by atoms with Gasteiger partial charge in [0.15, 0.2) is 6.10 Å². The molecule has 0 aromatic heterocycles. The van der Waals surface area contributed by atoms with Gasteiger partial charge in [0, 0.05) is 25.2 Å². The van der Waals surface area contributed by atoms with Gasteiger partial charge in [0.2, 0.25) is 0 Å². The Morgan fingerprint density at radius 3 is 2.61 bits per heavy atom. The summed E-state index contributed by atoms with van der Waals surface area (Å²) in [4.78, 5) is 35.0. The molecule has 1 heterocycles. The lowest BCUT2D eigenvalue weighted by molar-refractivity contribution is -0.384. The van der Waals surface area contributed by atoms with Crippen LogP contribution >= 0.6 is 0 Å². The van der Waals surface area contributed by atoms with E-state index < -0.39 is 22.9 Å². The minimum Gasteiger partial charge on any atom is -0.481 e. The average molecular weight is 322 g/mol. The van der Waals surface area contributed by atoms with E-state index in [0.717, 1.165) is 0 Å². The molecular weight excluding hydrogens is 304 g/mol. The van der Waals surface area contributed by atoms with Crippen LogP contribution in [-0.4, -0.2) is 46.0 Å². The van der Waals surface area contributed by atoms with E-state index in [-0.39, 0.29) is 18.1 Å². The summed E-state index contributed by atoms with van der Waals surface area (Å²) in [5, 5.41) is 19.6. The van der Waals surface area contributed by atoms with Gasteiger partial charge in [0.05, 0.1) is 10.8 Å². The Morgan fingerprint density at radius 1 is 1.39 bits per heavy atom. The maximum Gasteiger partial charge on any atom is 0.308 e. The molecule has 8 nitrogen and oxygen atoms in total. The third-order valence-corrected chi connectivity index (χ3v) is 3.79. The van der Waals surface area contributed by atoms with E-state index in [1.54, 1.807) is 6.92 Å². The molecule has 1 amide bonds. The highest BCUT2D eigenvalue weighted by atomic mass is 16.6. The number of carboxylic acids is 1. The molecule has 1 saturated heterocycles. The summed E-state index contributed by atoms with van der Waals surface area (Å²) in [5.74, 6) is -1.37. The van der Waals surface area contributed by atoms with Crippen LogP contribution in [-0.2, 0) is 9.59 Å². The Labute approximate surface area is 132 Å². The summed E-state index contributed by atoms with van der Waals surface area (Å²) in [6.07, 6.45) is 0.424. The third kappa shape index (κ3) is 4.18. The van der Waals surface area contributed by atoms with Gasteiger partial charge in [-0.15, -0.1) is 0 Å². The van der Waals surface area contributed by atoms with Crippen molar-refractivity contribution in [3.8, 4) is 5.75 Å². The number of aliphatic carboxylic acids is 1. The molecule has 2 rings (SSSR count). The van der Waals surface area contributed by atoms with Gasteiger partial charge in [-0.05, 0) is 31.9 Å². The minimum atomic E-state index is -0.897. The first-order valence-electron chi connectivity index (χ1n) is 7.31. The molecule has 124 valence electrons. The lowest BCUT2D eigenvalue weighted by atomic mass is 9.98. The Balaban J connectivity index is 1.96. The number of benzene rings is 1. The van der Waals surface area contributed by atoms with Crippen molar-refractivity contribution in [3.05, 3.63) is 34.4 Å². The fourth-order valence-corrected chi connectivity index (χ4v) is 2.54. The van der Waals surface area contributed by atoms with Gasteiger partial charge in [-0.2, -0.15) is 0 Å². The highest BCUT2D eigenvalue weighted by Gasteiger charge is 2.30. The topological polar surface area (TPSA) is 110 Å².